The summed E-state index contributed by atoms with van der Waals surface area (Å²) in [6, 6.07) is 13.8. The molecule has 138 valence electrons. The average molecular weight is 354 g/mol. The topological polar surface area (TPSA) is 81.8 Å². The fourth-order valence-corrected chi connectivity index (χ4v) is 2.80. The molecule has 2 heterocycles. The van der Waals surface area contributed by atoms with Crippen molar-refractivity contribution in [2.24, 2.45) is 10.7 Å². The van der Waals surface area contributed by atoms with Crippen molar-refractivity contribution in [2.75, 3.05) is 6.61 Å². The molecule has 1 aromatic carbocycles. The summed E-state index contributed by atoms with van der Waals surface area (Å²) >= 11 is 0. The van der Waals surface area contributed by atoms with E-state index in [1.807, 2.05) is 63.2 Å². The van der Waals surface area contributed by atoms with Gasteiger partial charge in [-0.2, -0.15) is 0 Å². The summed E-state index contributed by atoms with van der Waals surface area (Å²) in [7, 11) is 0. The van der Waals surface area contributed by atoms with E-state index in [0.29, 0.717) is 25.0 Å². The number of nitrogens with zero attached hydrogens (tertiary/aromatic N) is 2. The highest BCUT2D eigenvalue weighted by Gasteiger charge is 2.21. The third kappa shape index (κ3) is 4.88. The second-order valence-electron chi connectivity index (χ2n) is 7.25. The zero-order valence-corrected chi connectivity index (χ0v) is 15.5. The molecule has 26 heavy (non-hydrogen) atoms. The third-order valence-corrected chi connectivity index (χ3v) is 3.88. The molecule has 0 aliphatic carbocycles. The van der Waals surface area contributed by atoms with Crippen molar-refractivity contribution >= 4 is 5.96 Å². The van der Waals surface area contributed by atoms with Gasteiger partial charge in [-0.25, -0.2) is 9.98 Å². The van der Waals surface area contributed by atoms with E-state index >= 15 is 0 Å². The predicted molar refractivity (Wildman–Crippen MR) is 102 cm³/mol. The van der Waals surface area contributed by atoms with Gasteiger partial charge in [0.2, 0.25) is 5.88 Å². The van der Waals surface area contributed by atoms with Crippen LogP contribution in [0.4, 0.5) is 0 Å². The minimum absolute atomic E-state index is 0.104. The first-order chi connectivity index (χ1) is 12.4. The largest absolute Gasteiger partial charge is 0.493 e. The summed E-state index contributed by atoms with van der Waals surface area (Å²) in [6.07, 6.45) is 0.848. The van der Waals surface area contributed by atoms with Crippen LogP contribution in [0.2, 0.25) is 0 Å². The highest BCUT2D eigenvalue weighted by molar-refractivity contribution is 5.78. The fraction of sp³-hybridized carbons (Fsp3) is 0.400. The molecule has 0 amide bonds. The van der Waals surface area contributed by atoms with Crippen molar-refractivity contribution in [3.63, 3.8) is 0 Å². The standard InChI is InChI=1S/C20H26N4O2/c1-20(2,3)26-18-10-6-7-14(23-18)13-22-19(21)24-16-11-12-25-17-9-5-4-8-15(16)17/h4-10,16H,11-13H2,1-3H3,(H3,21,22,24). The first-order valence-corrected chi connectivity index (χ1v) is 8.84. The Balaban J connectivity index is 1.64. The zero-order chi connectivity index (χ0) is 18.6. The van der Waals surface area contributed by atoms with Crippen LogP contribution in [0.25, 0.3) is 0 Å². The molecular formula is C20H26N4O2. The first kappa shape index (κ1) is 18.0. The van der Waals surface area contributed by atoms with Gasteiger partial charge in [0.1, 0.15) is 11.4 Å². The molecule has 1 unspecified atom stereocenters. The van der Waals surface area contributed by atoms with Crippen molar-refractivity contribution in [3.8, 4) is 11.6 Å². The smallest absolute Gasteiger partial charge is 0.214 e. The molecule has 6 heteroatoms. The van der Waals surface area contributed by atoms with Crippen LogP contribution >= 0.6 is 0 Å². The lowest BCUT2D eigenvalue weighted by molar-refractivity contribution is 0.124. The van der Waals surface area contributed by atoms with E-state index in [1.165, 1.54) is 0 Å². The van der Waals surface area contributed by atoms with Gasteiger partial charge in [-0.15, -0.1) is 0 Å². The molecule has 0 radical (unpaired) electrons. The number of guanidine groups is 1. The Hall–Kier alpha value is -2.76. The number of nitrogens with one attached hydrogen (secondary N) is 1. The van der Waals surface area contributed by atoms with Gasteiger partial charge in [0, 0.05) is 18.1 Å². The minimum Gasteiger partial charge on any atom is -0.493 e. The monoisotopic (exact) mass is 354 g/mol. The van der Waals surface area contributed by atoms with Crippen LogP contribution in [-0.2, 0) is 6.54 Å². The number of ether oxygens (including phenoxy) is 2. The number of para-hydroxylation sites is 1. The lowest BCUT2D eigenvalue weighted by atomic mass is 10.0. The maximum Gasteiger partial charge on any atom is 0.214 e. The molecule has 1 atom stereocenters. The lowest BCUT2D eigenvalue weighted by Gasteiger charge is -2.26. The molecule has 2 aromatic rings. The van der Waals surface area contributed by atoms with Gasteiger partial charge in [0.25, 0.3) is 0 Å². The number of nitrogens with two attached hydrogens (primary N) is 1. The van der Waals surface area contributed by atoms with Crippen LogP contribution in [0.15, 0.2) is 47.5 Å². The lowest BCUT2D eigenvalue weighted by Crippen LogP contribution is -2.37. The van der Waals surface area contributed by atoms with Gasteiger partial charge >= 0.3 is 0 Å². The summed E-state index contributed by atoms with van der Waals surface area (Å²) in [4.78, 5) is 8.90. The molecule has 0 fully saturated rings. The van der Waals surface area contributed by atoms with Gasteiger partial charge in [0.05, 0.1) is 24.9 Å². The SMILES string of the molecule is CC(C)(C)Oc1cccc(CN=C(N)NC2CCOc3ccccc32)n1. The molecule has 3 rings (SSSR count). The van der Waals surface area contributed by atoms with Gasteiger partial charge in [-0.3, -0.25) is 0 Å². The van der Waals surface area contributed by atoms with Crippen LogP contribution in [0.3, 0.4) is 0 Å². The Bertz CT molecular complexity index is 783. The van der Waals surface area contributed by atoms with Gasteiger partial charge in [-0.1, -0.05) is 24.3 Å². The van der Waals surface area contributed by atoms with Gasteiger partial charge in [-0.05, 0) is 32.9 Å². The van der Waals surface area contributed by atoms with Crippen molar-refractivity contribution in [1.82, 2.24) is 10.3 Å². The van der Waals surface area contributed by atoms with Crippen LogP contribution in [0.5, 0.6) is 11.6 Å². The molecule has 1 aliphatic rings. The number of hydrogen-bond acceptors (Lipinski definition) is 4. The number of aliphatic imine (C=N–C) groups is 1. The molecule has 0 bridgehead atoms. The molecule has 1 aliphatic heterocycles. The first-order valence-electron chi connectivity index (χ1n) is 8.84. The number of benzene rings is 1. The van der Waals surface area contributed by atoms with E-state index in [0.717, 1.165) is 23.4 Å². The van der Waals surface area contributed by atoms with Gasteiger partial charge in [0.15, 0.2) is 5.96 Å². The Morgan fingerprint density at radius 1 is 1.27 bits per heavy atom. The van der Waals surface area contributed by atoms with Crippen LogP contribution in [0, 0.1) is 0 Å². The molecule has 1 aromatic heterocycles. The summed E-state index contributed by atoms with van der Waals surface area (Å²) in [6.45, 7) is 7.04. The van der Waals surface area contributed by atoms with E-state index < -0.39 is 0 Å². The van der Waals surface area contributed by atoms with Crippen LogP contribution in [0.1, 0.15) is 44.5 Å². The molecule has 6 nitrogen and oxygen atoms in total. The summed E-state index contributed by atoms with van der Waals surface area (Å²) in [5.41, 5.74) is 7.72. The number of aromatic nitrogens is 1. The van der Waals surface area contributed by atoms with Crippen molar-refractivity contribution in [3.05, 3.63) is 53.7 Å². The van der Waals surface area contributed by atoms with Crippen LogP contribution < -0.4 is 20.5 Å². The van der Waals surface area contributed by atoms with Crippen molar-refractivity contribution in [1.29, 1.82) is 0 Å². The van der Waals surface area contributed by atoms with E-state index in [-0.39, 0.29) is 11.6 Å². The predicted octanol–water partition coefficient (Wildman–Crippen LogP) is 3.19. The normalized spacial score (nSPS) is 17.2. The molecule has 0 saturated heterocycles. The summed E-state index contributed by atoms with van der Waals surface area (Å²) in [5.74, 6) is 1.89. The molecule has 0 spiro atoms. The van der Waals surface area contributed by atoms with Crippen molar-refractivity contribution in [2.45, 2.75) is 45.4 Å². The maximum absolute atomic E-state index is 6.09. The Labute approximate surface area is 154 Å². The maximum atomic E-state index is 6.09. The Morgan fingerprint density at radius 3 is 2.88 bits per heavy atom. The Kier molecular flexibility index (Phi) is 5.30. The summed E-state index contributed by atoms with van der Waals surface area (Å²) < 4.78 is 11.5. The van der Waals surface area contributed by atoms with Crippen molar-refractivity contribution < 1.29 is 9.47 Å². The third-order valence-electron chi connectivity index (χ3n) is 3.88. The minimum atomic E-state index is -0.286. The van der Waals surface area contributed by atoms with Crippen LogP contribution in [-0.4, -0.2) is 23.2 Å². The van der Waals surface area contributed by atoms with E-state index in [9.17, 15) is 0 Å². The highest BCUT2D eigenvalue weighted by atomic mass is 16.5. The quantitative estimate of drug-likeness (QED) is 0.651. The number of pyridine rings is 1. The molecular weight excluding hydrogens is 328 g/mol. The van der Waals surface area contributed by atoms with E-state index in [1.54, 1.807) is 0 Å². The zero-order valence-electron chi connectivity index (χ0n) is 15.5. The van der Waals surface area contributed by atoms with E-state index in [2.05, 4.69) is 15.3 Å². The number of fused-ring (bicyclic) bond motifs is 1. The Morgan fingerprint density at radius 2 is 2.08 bits per heavy atom. The second-order valence-corrected chi connectivity index (χ2v) is 7.25. The molecule has 3 N–H and O–H groups in total. The highest BCUT2D eigenvalue weighted by Crippen LogP contribution is 2.31. The van der Waals surface area contributed by atoms with Gasteiger partial charge < -0.3 is 20.5 Å². The van der Waals surface area contributed by atoms with E-state index in [4.69, 9.17) is 15.2 Å². The average Bonchev–Trinajstić information content (AvgIpc) is 2.59. The summed E-state index contributed by atoms with van der Waals surface area (Å²) in [5, 5.41) is 3.29. The second kappa shape index (κ2) is 7.64. The number of rotatable bonds is 4. The fourth-order valence-electron chi connectivity index (χ4n) is 2.80. The molecule has 0 saturated carbocycles. The number of hydrogen-bond donors (Lipinski definition) is 2.